The molecule has 84 valence electrons. The number of carbonyl (C=O) groups is 1. The lowest BCUT2D eigenvalue weighted by atomic mass is 10.1. The van der Waals surface area contributed by atoms with E-state index < -0.39 is 0 Å². The molecule has 0 amide bonds. The predicted molar refractivity (Wildman–Crippen MR) is 63.8 cm³/mol. The number of aliphatic hydroxyl groups is 1. The number of hydrogen-bond acceptors (Lipinski definition) is 2. The average Bonchev–Trinajstić information content (AvgIpc) is 2.66. The number of aryl methyl sites for hydroxylation is 2. The van der Waals surface area contributed by atoms with E-state index in [9.17, 15) is 4.79 Å². The van der Waals surface area contributed by atoms with Crippen LogP contribution in [-0.2, 0) is 6.54 Å². The van der Waals surface area contributed by atoms with E-state index in [1.807, 2.05) is 35.9 Å². The molecule has 0 saturated heterocycles. The Bertz CT molecular complexity index is 514. The van der Waals surface area contributed by atoms with Gasteiger partial charge < -0.3 is 9.67 Å². The lowest BCUT2D eigenvalue weighted by Gasteiger charge is -2.05. The van der Waals surface area contributed by atoms with Crippen molar-refractivity contribution in [1.29, 1.82) is 0 Å². The third-order valence-electron chi connectivity index (χ3n) is 2.81. The Balaban J connectivity index is 2.59. The van der Waals surface area contributed by atoms with Gasteiger partial charge in [-0.2, -0.15) is 0 Å². The molecular weight excluding hydrogens is 202 g/mol. The number of aliphatic hydroxyl groups excluding tert-OH is 1. The fourth-order valence-electron chi connectivity index (χ4n) is 2.09. The van der Waals surface area contributed by atoms with E-state index in [1.165, 1.54) is 0 Å². The van der Waals surface area contributed by atoms with Crippen LogP contribution in [-0.4, -0.2) is 22.6 Å². The number of rotatable bonds is 4. The molecule has 0 saturated carbocycles. The number of aldehydes is 1. The standard InChI is InChI=1S/C13H15NO2/c1-10-4-2-5-12-11(9-16)8-14(13(10)12)6-3-7-15/h2,4-5,8-9,15H,3,6-7H2,1H3. The zero-order chi connectivity index (χ0) is 11.5. The Morgan fingerprint density at radius 2 is 2.25 bits per heavy atom. The van der Waals surface area contributed by atoms with Gasteiger partial charge in [0, 0.05) is 30.3 Å². The number of nitrogens with zero attached hydrogens (tertiary/aromatic N) is 1. The smallest absolute Gasteiger partial charge is 0.152 e. The highest BCUT2D eigenvalue weighted by Crippen LogP contribution is 2.23. The molecule has 3 nitrogen and oxygen atoms in total. The maximum atomic E-state index is 11.0. The first-order valence-corrected chi connectivity index (χ1v) is 5.42. The molecule has 1 aromatic heterocycles. The molecule has 1 heterocycles. The molecule has 0 aliphatic heterocycles. The van der Waals surface area contributed by atoms with Crippen molar-refractivity contribution < 1.29 is 9.90 Å². The minimum atomic E-state index is 0.169. The van der Waals surface area contributed by atoms with E-state index >= 15 is 0 Å². The summed E-state index contributed by atoms with van der Waals surface area (Å²) in [5.74, 6) is 0. The van der Waals surface area contributed by atoms with Gasteiger partial charge in [0.1, 0.15) is 0 Å². The maximum absolute atomic E-state index is 11.0. The molecule has 0 spiro atoms. The quantitative estimate of drug-likeness (QED) is 0.797. The first-order chi connectivity index (χ1) is 7.77. The lowest BCUT2D eigenvalue weighted by Crippen LogP contribution is -1.99. The van der Waals surface area contributed by atoms with Crippen molar-refractivity contribution >= 4 is 17.2 Å². The summed E-state index contributed by atoms with van der Waals surface area (Å²) in [4.78, 5) is 11.0. The average molecular weight is 217 g/mol. The minimum Gasteiger partial charge on any atom is -0.396 e. The largest absolute Gasteiger partial charge is 0.396 e. The van der Waals surface area contributed by atoms with Gasteiger partial charge in [-0.1, -0.05) is 18.2 Å². The van der Waals surface area contributed by atoms with Gasteiger partial charge in [-0.15, -0.1) is 0 Å². The van der Waals surface area contributed by atoms with Crippen molar-refractivity contribution in [3.63, 3.8) is 0 Å². The van der Waals surface area contributed by atoms with Gasteiger partial charge >= 0.3 is 0 Å². The minimum absolute atomic E-state index is 0.169. The third-order valence-corrected chi connectivity index (χ3v) is 2.81. The van der Waals surface area contributed by atoms with Crippen molar-refractivity contribution in [2.75, 3.05) is 6.61 Å². The second kappa shape index (κ2) is 4.49. The van der Waals surface area contributed by atoms with Gasteiger partial charge in [-0.05, 0) is 18.9 Å². The Labute approximate surface area is 94.3 Å². The number of carbonyl (C=O) groups excluding carboxylic acids is 1. The molecule has 0 bridgehead atoms. The number of para-hydroxylation sites is 1. The highest BCUT2D eigenvalue weighted by molar-refractivity contribution is 5.98. The Morgan fingerprint density at radius 1 is 1.44 bits per heavy atom. The van der Waals surface area contributed by atoms with Gasteiger partial charge in [-0.3, -0.25) is 4.79 Å². The van der Waals surface area contributed by atoms with E-state index in [0.29, 0.717) is 6.42 Å². The summed E-state index contributed by atoms with van der Waals surface area (Å²) in [5.41, 5.74) is 2.97. The van der Waals surface area contributed by atoms with Crippen LogP contribution < -0.4 is 0 Å². The summed E-state index contributed by atoms with van der Waals surface area (Å²) in [6.45, 7) is 2.94. The van der Waals surface area contributed by atoms with Gasteiger partial charge in [0.2, 0.25) is 0 Å². The van der Waals surface area contributed by atoms with Crippen molar-refractivity contribution in [1.82, 2.24) is 4.57 Å². The van der Waals surface area contributed by atoms with Crippen LogP contribution >= 0.6 is 0 Å². The van der Waals surface area contributed by atoms with Crippen molar-refractivity contribution in [2.24, 2.45) is 0 Å². The second-order valence-electron chi connectivity index (χ2n) is 3.94. The molecule has 0 atom stereocenters. The van der Waals surface area contributed by atoms with Crippen LogP contribution in [0.15, 0.2) is 24.4 Å². The van der Waals surface area contributed by atoms with E-state index in [1.54, 1.807) is 0 Å². The Morgan fingerprint density at radius 3 is 2.94 bits per heavy atom. The fourth-order valence-corrected chi connectivity index (χ4v) is 2.09. The van der Waals surface area contributed by atoms with Crippen LogP contribution in [0.5, 0.6) is 0 Å². The first kappa shape index (κ1) is 10.9. The first-order valence-electron chi connectivity index (χ1n) is 5.42. The summed E-state index contributed by atoms with van der Waals surface area (Å²) in [5, 5.41) is 9.84. The van der Waals surface area contributed by atoms with Crippen molar-refractivity contribution in [3.8, 4) is 0 Å². The Hall–Kier alpha value is -1.61. The zero-order valence-corrected chi connectivity index (χ0v) is 9.31. The van der Waals surface area contributed by atoms with E-state index in [0.717, 1.165) is 34.9 Å². The SMILES string of the molecule is Cc1cccc2c(C=O)cn(CCCO)c12. The normalized spacial score (nSPS) is 10.9. The number of aromatic nitrogens is 1. The molecule has 0 fully saturated rings. The van der Waals surface area contributed by atoms with Crippen LogP contribution in [0.1, 0.15) is 22.3 Å². The summed E-state index contributed by atoms with van der Waals surface area (Å²) < 4.78 is 2.05. The van der Waals surface area contributed by atoms with Gasteiger partial charge in [0.05, 0.1) is 5.52 Å². The summed E-state index contributed by atoms with van der Waals surface area (Å²) in [7, 11) is 0. The third kappa shape index (κ3) is 1.74. The van der Waals surface area contributed by atoms with Crippen LogP contribution in [0, 0.1) is 6.92 Å². The fraction of sp³-hybridized carbons (Fsp3) is 0.308. The predicted octanol–water partition coefficient (Wildman–Crippen LogP) is 2.14. The van der Waals surface area contributed by atoms with Crippen LogP contribution in [0.25, 0.3) is 10.9 Å². The molecule has 1 N–H and O–H groups in total. The van der Waals surface area contributed by atoms with Crippen LogP contribution in [0.4, 0.5) is 0 Å². The number of benzene rings is 1. The highest BCUT2D eigenvalue weighted by atomic mass is 16.3. The lowest BCUT2D eigenvalue weighted by molar-refractivity contribution is 0.112. The van der Waals surface area contributed by atoms with E-state index in [-0.39, 0.29) is 6.61 Å². The van der Waals surface area contributed by atoms with Crippen LogP contribution in [0.3, 0.4) is 0 Å². The van der Waals surface area contributed by atoms with E-state index in [4.69, 9.17) is 5.11 Å². The molecular formula is C13H15NO2. The van der Waals surface area contributed by atoms with Gasteiger partial charge in [0.25, 0.3) is 0 Å². The molecule has 3 heteroatoms. The molecule has 0 aliphatic carbocycles. The molecule has 2 aromatic rings. The molecule has 0 aliphatic rings. The summed E-state index contributed by atoms with van der Waals surface area (Å²) in [6.07, 6.45) is 3.45. The number of hydrogen-bond donors (Lipinski definition) is 1. The monoisotopic (exact) mass is 217 g/mol. The molecule has 16 heavy (non-hydrogen) atoms. The molecule has 0 unspecified atom stereocenters. The van der Waals surface area contributed by atoms with Crippen molar-refractivity contribution in [2.45, 2.75) is 19.9 Å². The summed E-state index contributed by atoms with van der Waals surface area (Å²) >= 11 is 0. The van der Waals surface area contributed by atoms with Crippen LogP contribution in [0.2, 0.25) is 0 Å². The van der Waals surface area contributed by atoms with Crippen molar-refractivity contribution in [3.05, 3.63) is 35.5 Å². The molecule has 2 rings (SSSR count). The topological polar surface area (TPSA) is 42.2 Å². The highest BCUT2D eigenvalue weighted by Gasteiger charge is 2.08. The second-order valence-corrected chi connectivity index (χ2v) is 3.94. The van der Waals surface area contributed by atoms with Gasteiger partial charge in [-0.25, -0.2) is 0 Å². The van der Waals surface area contributed by atoms with E-state index in [2.05, 4.69) is 0 Å². The summed E-state index contributed by atoms with van der Waals surface area (Å²) in [6, 6.07) is 5.95. The number of fused-ring (bicyclic) bond motifs is 1. The Kier molecular flexibility index (Phi) is 3.06. The maximum Gasteiger partial charge on any atom is 0.152 e. The zero-order valence-electron chi connectivity index (χ0n) is 9.31. The molecule has 0 radical (unpaired) electrons. The van der Waals surface area contributed by atoms with Gasteiger partial charge in [0.15, 0.2) is 6.29 Å². The molecule has 1 aromatic carbocycles.